The molecule has 3 aromatic rings. The maximum absolute atomic E-state index is 9.77. The minimum atomic E-state index is -2.27. The van der Waals surface area contributed by atoms with E-state index in [1.54, 1.807) is 0 Å². The number of imidazole rings is 1. The topological polar surface area (TPSA) is 185 Å². The Morgan fingerprint density at radius 1 is 1.08 bits per heavy atom. The summed E-state index contributed by atoms with van der Waals surface area (Å²) in [5.74, 6) is -1.12. The molecule has 1 fully saturated rings. The van der Waals surface area contributed by atoms with Crippen LogP contribution in [0, 0.1) is 26.7 Å². The molecule has 1 saturated heterocycles. The van der Waals surface area contributed by atoms with Crippen LogP contribution in [0.2, 0.25) is 0 Å². The highest BCUT2D eigenvalue weighted by Crippen LogP contribution is 2.25. The van der Waals surface area contributed by atoms with Crippen LogP contribution in [0.25, 0.3) is 22.4 Å². The molecule has 1 aliphatic rings. The highest BCUT2D eigenvalue weighted by Gasteiger charge is 2.29. The number of aromatic amines is 1. The number of H-pyrrole nitrogens is 1. The van der Waals surface area contributed by atoms with Crippen molar-refractivity contribution in [2.45, 2.75) is 58.7 Å². The third kappa shape index (κ3) is 8.19. The van der Waals surface area contributed by atoms with Gasteiger partial charge in [-0.25, -0.2) is 24.5 Å². The van der Waals surface area contributed by atoms with Crippen LogP contribution in [0.3, 0.4) is 0 Å². The minimum absolute atomic E-state index is 0.706. The number of anilines is 1. The van der Waals surface area contributed by atoms with Crippen molar-refractivity contribution >= 4 is 28.9 Å². The van der Waals surface area contributed by atoms with Crippen molar-refractivity contribution in [1.29, 1.82) is 0 Å². The Labute approximate surface area is 227 Å². The Hall–Kier alpha value is -3.61. The summed E-state index contributed by atoms with van der Waals surface area (Å²) in [5, 5.41) is 35.9. The Morgan fingerprint density at radius 3 is 2.31 bits per heavy atom. The molecular weight excluding hydrogens is 504 g/mol. The number of likely N-dealkylation sites (tertiary alicyclic amines) is 1. The first-order valence-corrected chi connectivity index (χ1v) is 13.0. The Kier molecular flexibility index (Phi) is 10.3. The molecule has 39 heavy (non-hydrogen) atoms. The first-order chi connectivity index (χ1) is 18.5. The molecule has 12 nitrogen and oxygen atoms in total. The van der Waals surface area contributed by atoms with E-state index in [0.717, 1.165) is 40.6 Å². The summed E-state index contributed by atoms with van der Waals surface area (Å²) in [6, 6.07) is 4.30. The summed E-state index contributed by atoms with van der Waals surface area (Å²) >= 11 is 0. The van der Waals surface area contributed by atoms with Crippen molar-refractivity contribution in [3.8, 4) is 11.4 Å². The molecule has 12 heteroatoms. The fourth-order valence-electron chi connectivity index (χ4n) is 4.60. The molecule has 2 unspecified atom stereocenters. The van der Waals surface area contributed by atoms with Crippen molar-refractivity contribution < 1.29 is 30.0 Å². The van der Waals surface area contributed by atoms with E-state index in [1.807, 2.05) is 13.1 Å². The number of benzene rings is 1. The van der Waals surface area contributed by atoms with Crippen molar-refractivity contribution in [1.82, 2.24) is 24.8 Å². The second-order valence-electron chi connectivity index (χ2n) is 10.1. The summed E-state index contributed by atoms with van der Waals surface area (Å²) in [4.78, 5) is 39.4. The standard InChI is InChI=1S/C23H32N6.C4H6O6/c1-15-12-16(2)21-20(13-15)27-22(28-21)19-14-25-23(26-17(19)3)24-9-5-6-18-7-10-29(4)11-8-18;5-1(3(7)8)2(6)4(9)10/h12-14,18H,5-11H2,1-4H3,(H,27,28)(H,24,25,26);1-2,5-6H,(H,7,8)(H,9,10). The number of aryl methyl sites for hydroxylation is 3. The number of aliphatic hydroxyl groups excluding tert-OH is 2. The molecule has 212 valence electrons. The molecule has 0 bridgehead atoms. The average Bonchev–Trinajstić information content (AvgIpc) is 3.31. The van der Waals surface area contributed by atoms with Crippen LogP contribution in [0.1, 0.15) is 42.5 Å². The van der Waals surface area contributed by atoms with Crippen LogP contribution < -0.4 is 5.32 Å². The molecule has 0 radical (unpaired) electrons. The molecule has 2 aromatic heterocycles. The summed E-state index contributed by atoms with van der Waals surface area (Å²) in [6.07, 6.45) is 2.46. The van der Waals surface area contributed by atoms with Crippen LogP contribution in [-0.4, -0.2) is 96.1 Å². The number of aliphatic hydroxyl groups is 2. The molecule has 0 spiro atoms. The Bertz CT molecular complexity index is 1270. The van der Waals surface area contributed by atoms with Crippen LogP contribution in [0.4, 0.5) is 5.95 Å². The number of rotatable bonds is 9. The lowest BCUT2D eigenvalue weighted by Gasteiger charge is -2.28. The number of hydrogen-bond donors (Lipinski definition) is 6. The smallest absolute Gasteiger partial charge is 0.335 e. The first-order valence-electron chi connectivity index (χ1n) is 13.0. The van der Waals surface area contributed by atoms with Crippen molar-refractivity contribution in [2.75, 3.05) is 32.0 Å². The predicted molar refractivity (Wildman–Crippen MR) is 147 cm³/mol. The number of aromatic nitrogens is 4. The number of hydrogen-bond acceptors (Lipinski definition) is 9. The van der Waals surface area contributed by atoms with E-state index in [9.17, 15) is 9.59 Å². The normalized spacial score (nSPS) is 15.8. The quantitative estimate of drug-likeness (QED) is 0.218. The number of aliphatic carboxylic acids is 2. The zero-order valence-corrected chi connectivity index (χ0v) is 22.8. The van der Waals surface area contributed by atoms with Gasteiger partial charge in [0.15, 0.2) is 12.2 Å². The summed E-state index contributed by atoms with van der Waals surface area (Å²) < 4.78 is 0. The van der Waals surface area contributed by atoms with Crippen LogP contribution in [0.15, 0.2) is 18.3 Å². The van der Waals surface area contributed by atoms with Crippen LogP contribution in [-0.2, 0) is 9.59 Å². The minimum Gasteiger partial charge on any atom is -0.479 e. The molecule has 3 heterocycles. The van der Waals surface area contributed by atoms with E-state index in [-0.39, 0.29) is 0 Å². The van der Waals surface area contributed by atoms with Gasteiger partial charge in [0.1, 0.15) is 5.82 Å². The second-order valence-corrected chi connectivity index (χ2v) is 10.1. The van der Waals surface area contributed by atoms with Crippen molar-refractivity contribution in [2.24, 2.45) is 5.92 Å². The number of fused-ring (bicyclic) bond motifs is 1. The summed E-state index contributed by atoms with van der Waals surface area (Å²) in [5.41, 5.74) is 6.39. The molecule has 4 rings (SSSR count). The fourth-order valence-corrected chi connectivity index (χ4v) is 4.60. The molecule has 2 atom stereocenters. The lowest BCUT2D eigenvalue weighted by Crippen LogP contribution is -2.39. The zero-order chi connectivity index (χ0) is 28.7. The summed E-state index contributed by atoms with van der Waals surface area (Å²) in [6.45, 7) is 9.63. The third-order valence-corrected chi connectivity index (χ3v) is 6.87. The molecule has 0 amide bonds. The highest BCUT2D eigenvalue weighted by atomic mass is 16.4. The van der Waals surface area contributed by atoms with Crippen molar-refractivity contribution in [3.05, 3.63) is 35.2 Å². The van der Waals surface area contributed by atoms with Crippen LogP contribution in [0.5, 0.6) is 0 Å². The maximum Gasteiger partial charge on any atom is 0.335 e. The molecular formula is C27H38N6O6. The first kappa shape index (κ1) is 29.9. The van der Waals surface area contributed by atoms with E-state index in [1.165, 1.54) is 49.9 Å². The van der Waals surface area contributed by atoms with Gasteiger partial charge in [0.25, 0.3) is 0 Å². The number of nitrogens with zero attached hydrogens (tertiary/aromatic N) is 4. The van der Waals surface area contributed by atoms with E-state index in [0.29, 0.717) is 5.95 Å². The van der Waals surface area contributed by atoms with E-state index >= 15 is 0 Å². The average molecular weight is 543 g/mol. The summed E-state index contributed by atoms with van der Waals surface area (Å²) in [7, 11) is 2.22. The number of carboxylic acid groups (broad SMARTS) is 2. The van der Waals surface area contributed by atoms with Gasteiger partial charge in [-0.1, -0.05) is 6.07 Å². The second kappa shape index (κ2) is 13.5. The molecule has 0 saturated carbocycles. The van der Waals surface area contributed by atoms with Gasteiger partial charge in [0.05, 0.1) is 22.3 Å². The Balaban J connectivity index is 0.000000360. The van der Waals surface area contributed by atoms with E-state index in [2.05, 4.69) is 58.2 Å². The zero-order valence-electron chi connectivity index (χ0n) is 22.8. The van der Waals surface area contributed by atoms with Crippen molar-refractivity contribution in [3.63, 3.8) is 0 Å². The highest BCUT2D eigenvalue weighted by molar-refractivity contribution is 5.83. The SMILES string of the molecule is Cc1cc(C)c2nc(-c3cnc(NCCCC4CCN(C)CC4)nc3C)[nH]c2c1.O=C(O)C(O)C(O)C(=O)O. The monoisotopic (exact) mass is 542 g/mol. The van der Waals surface area contributed by atoms with Gasteiger partial charge in [0, 0.05) is 12.7 Å². The number of nitrogens with one attached hydrogen (secondary N) is 2. The van der Waals surface area contributed by atoms with Gasteiger partial charge >= 0.3 is 11.9 Å². The van der Waals surface area contributed by atoms with Gasteiger partial charge in [-0.2, -0.15) is 0 Å². The lowest BCUT2D eigenvalue weighted by molar-refractivity contribution is -0.165. The number of piperidine rings is 1. The van der Waals surface area contributed by atoms with Gasteiger partial charge in [0.2, 0.25) is 5.95 Å². The third-order valence-electron chi connectivity index (χ3n) is 6.87. The van der Waals surface area contributed by atoms with Gasteiger partial charge in [-0.15, -0.1) is 0 Å². The fraction of sp³-hybridized carbons (Fsp3) is 0.519. The predicted octanol–water partition coefficient (Wildman–Crippen LogP) is 2.36. The maximum atomic E-state index is 9.77. The number of carbonyl (C=O) groups is 2. The van der Waals surface area contributed by atoms with Gasteiger partial charge in [-0.05, 0) is 89.7 Å². The van der Waals surface area contributed by atoms with Gasteiger partial charge < -0.3 is 35.6 Å². The lowest BCUT2D eigenvalue weighted by atomic mass is 9.92. The Morgan fingerprint density at radius 2 is 1.72 bits per heavy atom. The molecule has 1 aromatic carbocycles. The van der Waals surface area contributed by atoms with E-state index < -0.39 is 24.1 Å². The van der Waals surface area contributed by atoms with Gasteiger partial charge in [-0.3, -0.25) is 0 Å². The molecule has 0 aliphatic carbocycles. The molecule has 6 N–H and O–H groups in total. The van der Waals surface area contributed by atoms with E-state index in [4.69, 9.17) is 25.4 Å². The largest absolute Gasteiger partial charge is 0.479 e. The molecule has 1 aliphatic heterocycles. The number of carboxylic acids is 2. The van der Waals surface area contributed by atoms with Crippen LogP contribution >= 0.6 is 0 Å².